The highest BCUT2D eigenvalue weighted by Gasteiger charge is 2.09. The monoisotopic (exact) mass is 423 g/mol. The number of benzene rings is 2. The zero-order valence-corrected chi connectivity index (χ0v) is 15.4. The number of rotatable bonds is 3. The standard InChI is InChI=1S/C17H12BrCl2N3O/c18-14-3-4-16(12-5-6-21-9-13(12)14)23-17(24)22-8-10-1-2-11(19)7-15(10)20/h1-7,9H,8H2,(H2,22,23,24). The molecule has 3 rings (SSSR count). The maximum Gasteiger partial charge on any atom is 0.319 e. The van der Waals surface area contributed by atoms with Crippen molar-refractivity contribution in [3.8, 4) is 0 Å². The minimum Gasteiger partial charge on any atom is -0.334 e. The lowest BCUT2D eigenvalue weighted by Crippen LogP contribution is -2.28. The lowest BCUT2D eigenvalue weighted by molar-refractivity contribution is 0.252. The van der Waals surface area contributed by atoms with Crippen LogP contribution in [0.2, 0.25) is 10.0 Å². The van der Waals surface area contributed by atoms with Gasteiger partial charge in [-0.05, 0) is 35.9 Å². The van der Waals surface area contributed by atoms with Crippen molar-refractivity contribution in [2.24, 2.45) is 0 Å². The van der Waals surface area contributed by atoms with Crippen molar-refractivity contribution in [3.05, 3.63) is 68.9 Å². The number of anilines is 1. The molecule has 0 aliphatic heterocycles. The predicted molar refractivity (Wildman–Crippen MR) is 102 cm³/mol. The Morgan fingerprint density at radius 3 is 2.75 bits per heavy atom. The van der Waals surface area contributed by atoms with E-state index in [2.05, 4.69) is 31.5 Å². The van der Waals surface area contributed by atoms with Crippen LogP contribution in [-0.2, 0) is 6.54 Å². The van der Waals surface area contributed by atoms with Gasteiger partial charge in [-0.1, -0.05) is 45.2 Å². The van der Waals surface area contributed by atoms with E-state index in [0.717, 1.165) is 20.8 Å². The summed E-state index contributed by atoms with van der Waals surface area (Å²) >= 11 is 15.4. The summed E-state index contributed by atoms with van der Waals surface area (Å²) in [5.41, 5.74) is 1.50. The molecule has 4 nitrogen and oxygen atoms in total. The van der Waals surface area contributed by atoms with Crippen LogP contribution in [0.5, 0.6) is 0 Å². The largest absolute Gasteiger partial charge is 0.334 e. The van der Waals surface area contributed by atoms with Gasteiger partial charge in [-0.25, -0.2) is 4.79 Å². The Morgan fingerprint density at radius 1 is 1.12 bits per heavy atom. The zero-order chi connectivity index (χ0) is 17.1. The van der Waals surface area contributed by atoms with Gasteiger partial charge in [0.25, 0.3) is 0 Å². The molecule has 0 fully saturated rings. The van der Waals surface area contributed by atoms with Crippen molar-refractivity contribution in [2.45, 2.75) is 6.54 Å². The van der Waals surface area contributed by atoms with Gasteiger partial charge < -0.3 is 10.6 Å². The fourth-order valence-electron chi connectivity index (χ4n) is 2.27. The normalized spacial score (nSPS) is 10.6. The van der Waals surface area contributed by atoms with Gasteiger partial charge in [0, 0.05) is 44.2 Å². The van der Waals surface area contributed by atoms with E-state index in [0.29, 0.717) is 22.3 Å². The van der Waals surface area contributed by atoms with E-state index in [1.165, 1.54) is 0 Å². The summed E-state index contributed by atoms with van der Waals surface area (Å²) < 4.78 is 0.921. The molecule has 0 bridgehead atoms. The Balaban J connectivity index is 1.72. The summed E-state index contributed by atoms with van der Waals surface area (Å²) in [5.74, 6) is 0. The second kappa shape index (κ2) is 7.38. The highest BCUT2D eigenvalue weighted by molar-refractivity contribution is 9.10. The minimum atomic E-state index is -0.318. The lowest BCUT2D eigenvalue weighted by atomic mass is 10.1. The molecule has 0 aliphatic carbocycles. The number of carbonyl (C=O) groups is 1. The number of hydrogen-bond donors (Lipinski definition) is 2. The summed E-state index contributed by atoms with van der Waals surface area (Å²) in [6.45, 7) is 0.303. The third kappa shape index (κ3) is 3.80. The fourth-order valence-corrected chi connectivity index (χ4v) is 3.20. The first-order chi connectivity index (χ1) is 11.5. The molecule has 0 atom stereocenters. The van der Waals surface area contributed by atoms with Gasteiger partial charge in [-0.15, -0.1) is 0 Å². The Hall–Kier alpha value is -1.82. The van der Waals surface area contributed by atoms with E-state index < -0.39 is 0 Å². The van der Waals surface area contributed by atoms with E-state index in [1.807, 2.05) is 18.2 Å². The van der Waals surface area contributed by atoms with Crippen molar-refractivity contribution in [1.82, 2.24) is 10.3 Å². The summed E-state index contributed by atoms with van der Waals surface area (Å²) in [6.07, 6.45) is 3.43. The van der Waals surface area contributed by atoms with E-state index >= 15 is 0 Å². The molecule has 1 aromatic heterocycles. The van der Waals surface area contributed by atoms with Crippen LogP contribution < -0.4 is 10.6 Å². The third-order valence-electron chi connectivity index (χ3n) is 3.47. The van der Waals surface area contributed by atoms with Crippen LogP contribution in [0.4, 0.5) is 10.5 Å². The molecule has 0 unspecified atom stereocenters. The second-order valence-corrected chi connectivity index (χ2v) is 6.76. The molecule has 2 N–H and O–H groups in total. The van der Waals surface area contributed by atoms with Crippen LogP contribution in [0, 0.1) is 0 Å². The first kappa shape index (κ1) is 17.0. The average Bonchev–Trinajstić information content (AvgIpc) is 2.57. The number of urea groups is 1. The van der Waals surface area contributed by atoms with Crippen LogP contribution in [-0.4, -0.2) is 11.0 Å². The number of halogens is 3. The summed E-state index contributed by atoms with van der Waals surface area (Å²) in [5, 5.41) is 8.53. The SMILES string of the molecule is O=C(NCc1ccc(Cl)cc1Cl)Nc1ccc(Br)c2cnccc12. The molecule has 2 amide bonds. The molecule has 3 aromatic rings. The number of amides is 2. The molecule has 2 aromatic carbocycles. The van der Waals surface area contributed by atoms with Crippen molar-refractivity contribution in [3.63, 3.8) is 0 Å². The summed E-state index contributed by atoms with van der Waals surface area (Å²) in [7, 11) is 0. The number of fused-ring (bicyclic) bond motifs is 1. The molecule has 0 saturated carbocycles. The highest BCUT2D eigenvalue weighted by Crippen LogP contribution is 2.29. The molecule has 7 heteroatoms. The zero-order valence-electron chi connectivity index (χ0n) is 12.3. The number of hydrogen-bond acceptors (Lipinski definition) is 2. The van der Waals surface area contributed by atoms with Crippen LogP contribution in [0.3, 0.4) is 0 Å². The van der Waals surface area contributed by atoms with E-state index in [1.54, 1.807) is 30.6 Å². The maximum absolute atomic E-state index is 12.2. The molecular weight excluding hydrogens is 413 g/mol. The number of nitrogens with one attached hydrogen (secondary N) is 2. The molecule has 24 heavy (non-hydrogen) atoms. The van der Waals surface area contributed by atoms with Crippen molar-refractivity contribution in [2.75, 3.05) is 5.32 Å². The number of carbonyl (C=O) groups excluding carboxylic acids is 1. The van der Waals surface area contributed by atoms with Crippen LogP contribution in [0.1, 0.15) is 5.56 Å². The van der Waals surface area contributed by atoms with Gasteiger partial charge in [0.05, 0.1) is 5.69 Å². The lowest BCUT2D eigenvalue weighted by Gasteiger charge is -2.11. The van der Waals surface area contributed by atoms with E-state index in [4.69, 9.17) is 23.2 Å². The fraction of sp³-hybridized carbons (Fsp3) is 0.0588. The molecule has 0 radical (unpaired) electrons. The van der Waals surface area contributed by atoms with Gasteiger partial charge in [-0.3, -0.25) is 4.98 Å². The average molecular weight is 425 g/mol. The van der Waals surface area contributed by atoms with Crippen LogP contribution in [0.25, 0.3) is 10.8 Å². The number of nitrogens with zero attached hydrogens (tertiary/aromatic N) is 1. The molecular formula is C17H12BrCl2N3O. The van der Waals surface area contributed by atoms with Gasteiger partial charge in [-0.2, -0.15) is 0 Å². The van der Waals surface area contributed by atoms with E-state index in [9.17, 15) is 4.79 Å². The smallest absolute Gasteiger partial charge is 0.319 e. The quantitative estimate of drug-likeness (QED) is 0.572. The Bertz CT molecular complexity index is 917. The number of aromatic nitrogens is 1. The van der Waals surface area contributed by atoms with Crippen molar-refractivity contribution < 1.29 is 4.79 Å². The van der Waals surface area contributed by atoms with Crippen molar-refractivity contribution >= 4 is 61.6 Å². The van der Waals surface area contributed by atoms with E-state index in [-0.39, 0.29) is 6.03 Å². The van der Waals surface area contributed by atoms with Crippen molar-refractivity contribution in [1.29, 1.82) is 0 Å². The Labute approximate surface area is 157 Å². The molecule has 0 aliphatic rings. The molecule has 1 heterocycles. The van der Waals surface area contributed by atoms with Gasteiger partial charge in [0.1, 0.15) is 0 Å². The highest BCUT2D eigenvalue weighted by atomic mass is 79.9. The van der Waals surface area contributed by atoms with Gasteiger partial charge in [0.2, 0.25) is 0 Å². The maximum atomic E-state index is 12.2. The molecule has 0 spiro atoms. The Morgan fingerprint density at radius 2 is 1.96 bits per heavy atom. The Kier molecular flexibility index (Phi) is 5.23. The predicted octanol–water partition coefficient (Wildman–Crippen LogP) is 5.63. The van der Waals surface area contributed by atoms with Gasteiger partial charge >= 0.3 is 6.03 Å². The minimum absolute atomic E-state index is 0.303. The molecule has 0 saturated heterocycles. The van der Waals surface area contributed by atoms with Crippen LogP contribution in [0.15, 0.2) is 53.3 Å². The summed E-state index contributed by atoms with van der Waals surface area (Å²) in [6, 6.07) is 10.4. The first-order valence-electron chi connectivity index (χ1n) is 7.05. The second-order valence-electron chi connectivity index (χ2n) is 5.06. The molecule has 122 valence electrons. The van der Waals surface area contributed by atoms with Gasteiger partial charge in [0.15, 0.2) is 0 Å². The summed E-state index contributed by atoms with van der Waals surface area (Å²) in [4.78, 5) is 16.3. The third-order valence-corrected chi connectivity index (χ3v) is 4.75. The number of pyridine rings is 1. The van der Waals surface area contributed by atoms with Crippen LogP contribution >= 0.6 is 39.1 Å². The first-order valence-corrected chi connectivity index (χ1v) is 8.60. The topological polar surface area (TPSA) is 54.0 Å².